The quantitative estimate of drug-likeness (QED) is 0.498. The molecule has 0 aliphatic carbocycles. The minimum absolute atomic E-state index is 0.0113. The van der Waals surface area contributed by atoms with Gasteiger partial charge in [-0.05, 0) is 26.0 Å². The zero-order chi connectivity index (χ0) is 17.6. The molecule has 2 amide bonds. The van der Waals surface area contributed by atoms with Crippen molar-refractivity contribution in [2.45, 2.75) is 25.8 Å². The van der Waals surface area contributed by atoms with Gasteiger partial charge in [0.25, 0.3) is 11.6 Å². The largest absolute Gasteiger partial charge is 0.480 e. The lowest BCUT2D eigenvalue weighted by atomic mass is 10.1. The fourth-order valence-corrected chi connectivity index (χ4v) is 1.59. The van der Waals surface area contributed by atoms with Gasteiger partial charge in [-0.25, -0.2) is 4.79 Å². The van der Waals surface area contributed by atoms with Gasteiger partial charge < -0.3 is 15.7 Å². The van der Waals surface area contributed by atoms with E-state index in [1.807, 2.05) is 0 Å². The Kier molecular flexibility index (Phi) is 5.77. The molecular formula is C14H17N3O6. The van der Waals surface area contributed by atoms with E-state index in [1.165, 1.54) is 38.1 Å². The third-order valence-corrected chi connectivity index (χ3v) is 2.96. The number of nitrogens with zero attached hydrogens (tertiary/aromatic N) is 1. The van der Waals surface area contributed by atoms with Crippen LogP contribution in [0.5, 0.6) is 0 Å². The number of carboxylic acids is 1. The summed E-state index contributed by atoms with van der Waals surface area (Å²) in [6.07, 6.45) is -0.0879. The number of rotatable bonds is 7. The van der Waals surface area contributed by atoms with Crippen molar-refractivity contribution in [1.82, 2.24) is 10.6 Å². The molecule has 0 atom stereocenters. The first kappa shape index (κ1) is 18.1. The molecule has 0 radical (unpaired) electrons. The third kappa shape index (κ3) is 5.38. The Morgan fingerprint density at radius 2 is 1.78 bits per heavy atom. The summed E-state index contributed by atoms with van der Waals surface area (Å²) in [5, 5.41) is 24.2. The molecule has 0 saturated carbocycles. The van der Waals surface area contributed by atoms with E-state index in [-0.39, 0.29) is 24.2 Å². The van der Waals surface area contributed by atoms with Crippen LogP contribution in [0.25, 0.3) is 0 Å². The average Bonchev–Trinajstić information content (AvgIpc) is 2.46. The van der Waals surface area contributed by atoms with Crippen LogP contribution in [0.1, 0.15) is 30.6 Å². The first-order valence-electron chi connectivity index (χ1n) is 6.70. The van der Waals surface area contributed by atoms with Gasteiger partial charge in [0.1, 0.15) is 5.54 Å². The lowest BCUT2D eigenvalue weighted by molar-refractivity contribution is -0.384. The summed E-state index contributed by atoms with van der Waals surface area (Å²) in [7, 11) is 0. The minimum atomic E-state index is -1.39. The topological polar surface area (TPSA) is 139 Å². The first-order valence-corrected chi connectivity index (χ1v) is 6.70. The van der Waals surface area contributed by atoms with E-state index in [0.29, 0.717) is 0 Å². The van der Waals surface area contributed by atoms with Crippen molar-refractivity contribution in [3.8, 4) is 0 Å². The number of carboxylic acid groups (broad SMARTS) is 1. The monoisotopic (exact) mass is 323 g/mol. The second-order valence-corrected chi connectivity index (χ2v) is 5.29. The molecule has 0 aromatic heterocycles. The highest BCUT2D eigenvalue weighted by Gasteiger charge is 2.28. The maximum absolute atomic E-state index is 11.8. The second-order valence-electron chi connectivity index (χ2n) is 5.29. The van der Waals surface area contributed by atoms with Gasteiger partial charge in [0, 0.05) is 30.7 Å². The van der Waals surface area contributed by atoms with Gasteiger partial charge in [0.2, 0.25) is 5.91 Å². The fraction of sp³-hybridized carbons (Fsp3) is 0.357. The number of amides is 2. The van der Waals surface area contributed by atoms with Crippen LogP contribution in [0.2, 0.25) is 0 Å². The zero-order valence-corrected chi connectivity index (χ0v) is 12.7. The van der Waals surface area contributed by atoms with Crippen LogP contribution < -0.4 is 10.6 Å². The van der Waals surface area contributed by atoms with Gasteiger partial charge in [-0.3, -0.25) is 19.7 Å². The van der Waals surface area contributed by atoms with Crippen LogP contribution in [0.15, 0.2) is 24.3 Å². The predicted octanol–water partition coefficient (Wildman–Crippen LogP) is 0.694. The van der Waals surface area contributed by atoms with Gasteiger partial charge in [-0.1, -0.05) is 0 Å². The summed E-state index contributed by atoms with van der Waals surface area (Å²) in [5.74, 6) is -2.16. The number of hydrogen-bond donors (Lipinski definition) is 3. The van der Waals surface area contributed by atoms with Gasteiger partial charge in [-0.15, -0.1) is 0 Å². The Morgan fingerprint density at radius 3 is 2.26 bits per heavy atom. The van der Waals surface area contributed by atoms with E-state index >= 15 is 0 Å². The minimum Gasteiger partial charge on any atom is -0.480 e. The van der Waals surface area contributed by atoms with Crippen LogP contribution in [0.3, 0.4) is 0 Å². The summed E-state index contributed by atoms with van der Waals surface area (Å²) in [6, 6.07) is 5.02. The Labute approximate surface area is 131 Å². The van der Waals surface area contributed by atoms with Gasteiger partial charge >= 0.3 is 5.97 Å². The summed E-state index contributed by atoms with van der Waals surface area (Å²) in [6.45, 7) is 2.71. The zero-order valence-electron chi connectivity index (χ0n) is 12.7. The van der Waals surface area contributed by atoms with Gasteiger partial charge in [0.15, 0.2) is 0 Å². The number of nitro groups is 1. The molecule has 0 aliphatic heterocycles. The summed E-state index contributed by atoms with van der Waals surface area (Å²) < 4.78 is 0. The van der Waals surface area contributed by atoms with Crippen LogP contribution in [-0.2, 0) is 9.59 Å². The van der Waals surface area contributed by atoms with Gasteiger partial charge in [0.05, 0.1) is 4.92 Å². The van der Waals surface area contributed by atoms with E-state index in [4.69, 9.17) is 5.11 Å². The summed E-state index contributed by atoms with van der Waals surface area (Å²) >= 11 is 0. The van der Waals surface area contributed by atoms with Crippen LogP contribution in [-0.4, -0.2) is 39.9 Å². The molecular weight excluding hydrogens is 306 g/mol. The van der Waals surface area contributed by atoms with Crippen molar-refractivity contribution < 1.29 is 24.4 Å². The maximum atomic E-state index is 11.8. The van der Waals surface area contributed by atoms with Crippen molar-refractivity contribution in [3.63, 3.8) is 0 Å². The molecule has 0 aliphatic rings. The van der Waals surface area contributed by atoms with Gasteiger partial charge in [-0.2, -0.15) is 0 Å². The molecule has 0 unspecified atom stereocenters. The molecule has 1 aromatic carbocycles. The highest BCUT2D eigenvalue weighted by molar-refractivity contribution is 5.94. The Balaban J connectivity index is 2.46. The normalized spacial score (nSPS) is 10.7. The molecule has 0 saturated heterocycles. The summed E-state index contributed by atoms with van der Waals surface area (Å²) in [4.78, 5) is 44.2. The van der Waals surface area contributed by atoms with Crippen molar-refractivity contribution in [3.05, 3.63) is 39.9 Å². The molecule has 1 rings (SSSR count). The van der Waals surface area contributed by atoms with Crippen molar-refractivity contribution in [1.29, 1.82) is 0 Å². The molecule has 0 spiro atoms. The third-order valence-electron chi connectivity index (χ3n) is 2.96. The van der Waals surface area contributed by atoms with Crippen molar-refractivity contribution in [2.75, 3.05) is 6.54 Å². The molecule has 0 bridgehead atoms. The van der Waals surface area contributed by atoms with E-state index in [1.54, 1.807) is 0 Å². The molecule has 23 heavy (non-hydrogen) atoms. The number of nitro benzene ring substituents is 1. The highest BCUT2D eigenvalue weighted by atomic mass is 16.6. The highest BCUT2D eigenvalue weighted by Crippen LogP contribution is 2.11. The SMILES string of the molecule is CC(C)(NC(=O)CCNC(=O)c1ccc([N+](=O)[O-])cc1)C(=O)O. The van der Waals surface area contributed by atoms with Crippen LogP contribution in [0.4, 0.5) is 5.69 Å². The fourth-order valence-electron chi connectivity index (χ4n) is 1.59. The Hall–Kier alpha value is -2.97. The number of non-ortho nitro benzene ring substituents is 1. The lowest BCUT2D eigenvalue weighted by Crippen LogP contribution is -2.50. The number of benzene rings is 1. The number of nitrogens with one attached hydrogen (secondary N) is 2. The average molecular weight is 323 g/mol. The Bertz CT molecular complexity index is 624. The number of carbonyl (C=O) groups excluding carboxylic acids is 2. The number of aliphatic carboxylic acids is 1. The standard InChI is InChI=1S/C14H17N3O6/c1-14(2,13(20)21)16-11(18)7-8-15-12(19)9-3-5-10(6-4-9)17(22)23/h3-6H,7-8H2,1-2H3,(H,15,19)(H,16,18)(H,20,21). The Morgan fingerprint density at radius 1 is 1.22 bits per heavy atom. The number of hydrogen-bond acceptors (Lipinski definition) is 5. The molecule has 0 fully saturated rings. The molecule has 0 heterocycles. The molecule has 9 heteroatoms. The van der Waals surface area contributed by atoms with Crippen LogP contribution >= 0.6 is 0 Å². The molecule has 3 N–H and O–H groups in total. The second kappa shape index (κ2) is 7.34. The maximum Gasteiger partial charge on any atom is 0.328 e. The molecule has 9 nitrogen and oxygen atoms in total. The van der Waals surface area contributed by atoms with E-state index in [2.05, 4.69) is 10.6 Å². The number of carbonyl (C=O) groups is 3. The first-order chi connectivity index (χ1) is 10.6. The van der Waals surface area contributed by atoms with Crippen molar-refractivity contribution in [2.24, 2.45) is 0 Å². The summed E-state index contributed by atoms with van der Waals surface area (Å²) in [5.41, 5.74) is -1.29. The van der Waals surface area contributed by atoms with Crippen LogP contribution in [0, 0.1) is 10.1 Å². The smallest absolute Gasteiger partial charge is 0.328 e. The lowest BCUT2D eigenvalue weighted by Gasteiger charge is -2.20. The van der Waals surface area contributed by atoms with E-state index < -0.39 is 28.2 Å². The van der Waals surface area contributed by atoms with E-state index in [9.17, 15) is 24.5 Å². The molecule has 124 valence electrons. The van der Waals surface area contributed by atoms with E-state index in [0.717, 1.165) is 0 Å². The predicted molar refractivity (Wildman–Crippen MR) is 79.9 cm³/mol. The van der Waals surface area contributed by atoms with Crippen molar-refractivity contribution >= 4 is 23.5 Å². The molecule has 1 aromatic rings.